The van der Waals surface area contributed by atoms with Crippen LogP contribution in [0, 0.1) is 17.3 Å². The molecular formula is C21H33OP. The molecule has 1 unspecified atom stereocenters. The summed E-state index contributed by atoms with van der Waals surface area (Å²) in [6, 6.07) is 11.1. The summed E-state index contributed by atoms with van der Waals surface area (Å²) in [7, 11) is -0.130. The lowest BCUT2D eigenvalue weighted by Crippen LogP contribution is -2.45. The Morgan fingerprint density at radius 3 is 2.48 bits per heavy atom. The van der Waals surface area contributed by atoms with Gasteiger partial charge in [0.15, 0.2) is 0 Å². The van der Waals surface area contributed by atoms with E-state index in [9.17, 15) is 0 Å². The van der Waals surface area contributed by atoms with E-state index in [2.05, 4.69) is 51.1 Å². The Kier molecular flexibility index (Phi) is 5.81. The second-order valence-electron chi connectivity index (χ2n) is 8.13. The van der Waals surface area contributed by atoms with Gasteiger partial charge < -0.3 is 4.52 Å². The van der Waals surface area contributed by atoms with Crippen molar-refractivity contribution in [2.45, 2.75) is 65.4 Å². The van der Waals surface area contributed by atoms with E-state index >= 15 is 0 Å². The van der Waals surface area contributed by atoms with E-state index in [-0.39, 0.29) is 8.15 Å². The van der Waals surface area contributed by atoms with Crippen LogP contribution in [0.5, 0.6) is 0 Å². The molecule has 1 nitrogen and oxygen atoms in total. The first-order valence-electron chi connectivity index (χ1n) is 9.55. The van der Waals surface area contributed by atoms with Crippen molar-refractivity contribution in [3.8, 4) is 0 Å². The fourth-order valence-electron chi connectivity index (χ4n) is 4.56. The van der Waals surface area contributed by atoms with E-state index in [1.54, 1.807) is 0 Å². The standard InChI is InChI=1S/C21H33OP/c1-17(2)21(3)13-9-12-20(22-23-14-7-8-15-23)19(21)16-18-10-5-4-6-11-18/h4-6,10-11,17,19-20H,7-9,12-16H2,1-3H3/t19-,20?,21-/m0/s1. The van der Waals surface area contributed by atoms with Gasteiger partial charge in [0.1, 0.15) is 0 Å². The molecule has 1 heterocycles. The lowest BCUT2D eigenvalue weighted by Gasteiger charge is -2.49. The van der Waals surface area contributed by atoms with Gasteiger partial charge in [-0.3, -0.25) is 0 Å². The third kappa shape index (κ3) is 3.99. The van der Waals surface area contributed by atoms with E-state index in [1.807, 2.05) is 0 Å². The Hall–Kier alpha value is -0.390. The highest BCUT2D eigenvalue weighted by Gasteiger charge is 2.45. The van der Waals surface area contributed by atoms with Gasteiger partial charge in [-0.05, 0) is 67.2 Å². The average molecular weight is 332 g/mol. The molecule has 23 heavy (non-hydrogen) atoms. The SMILES string of the molecule is CC(C)[C@]1(C)CCCC(OP2CCCC2)[C@@H]1Cc1ccccc1. The molecule has 0 spiro atoms. The van der Waals surface area contributed by atoms with E-state index < -0.39 is 0 Å². The van der Waals surface area contributed by atoms with Crippen molar-refractivity contribution in [2.24, 2.45) is 17.3 Å². The summed E-state index contributed by atoms with van der Waals surface area (Å²) in [5.74, 6) is 1.39. The van der Waals surface area contributed by atoms with Crippen molar-refractivity contribution in [3.05, 3.63) is 35.9 Å². The Morgan fingerprint density at radius 2 is 1.83 bits per heavy atom. The minimum absolute atomic E-state index is 0.130. The second kappa shape index (κ2) is 7.66. The quantitative estimate of drug-likeness (QED) is 0.578. The van der Waals surface area contributed by atoms with Crippen molar-refractivity contribution in [1.29, 1.82) is 0 Å². The van der Waals surface area contributed by atoms with Crippen LogP contribution in [-0.2, 0) is 10.9 Å². The predicted molar refractivity (Wildman–Crippen MR) is 101 cm³/mol. The summed E-state index contributed by atoms with van der Waals surface area (Å²) in [6.07, 6.45) is 11.1. The van der Waals surface area contributed by atoms with Gasteiger partial charge in [0.2, 0.25) is 0 Å². The molecule has 1 saturated carbocycles. The molecule has 1 aliphatic heterocycles. The van der Waals surface area contributed by atoms with Crippen LogP contribution < -0.4 is 0 Å². The Bertz CT molecular complexity index is 480. The topological polar surface area (TPSA) is 9.23 Å². The molecule has 0 bridgehead atoms. The van der Waals surface area contributed by atoms with Gasteiger partial charge in [0, 0.05) is 8.15 Å². The van der Waals surface area contributed by atoms with Crippen molar-refractivity contribution >= 4 is 8.15 Å². The Morgan fingerprint density at radius 1 is 1.13 bits per heavy atom. The number of rotatable bonds is 5. The molecule has 1 saturated heterocycles. The van der Waals surface area contributed by atoms with Gasteiger partial charge in [-0.1, -0.05) is 57.5 Å². The minimum Gasteiger partial charge on any atom is -0.356 e. The fourth-order valence-corrected chi connectivity index (χ4v) is 6.78. The molecule has 0 N–H and O–H groups in total. The van der Waals surface area contributed by atoms with Crippen molar-refractivity contribution in [3.63, 3.8) is 0 Å². The highest BCUT2D eigenvalue weighted by molar-refractivity contribution is 7.52. The van der Waals surface area contributed by atoms with E-state index in [0.29, 0.717) is 17.4 Å². The first-order chi connectivity index (χ1) is 11.1. The predicted octanol–water partition coefficient (Wildman–Crippen LogP) is 6.27. The van der Waals surface area contributed by atoms with Crippen LogP contribution >= 0.6 is 8.15 Å². The summed E-state index contributed by atoms with van der Waals surface area (Å²) in [4.78, 5) is 0. The van der Waals surface area contributed by atoms with E-state index in [0.717, 1.165) is 5.92 Å². The fraction of sp³-hybridized carbons (Fsp3) is 0.714. The summed E-state index contributed by atoms with van der Waals surface area (Å²) < 4.78 is 6.75. The van der Waals surface area contributed by atoms with Crippen LogP contribution in [-0.4, -0.2) is 18.4 Å². The van der Waals surface area contributed by atoms with E-state index in [4.69, 9.17) is 4.52 Å². The van der Waals surface area contributed by atoms with Crippen LogP contribution in [0.2, 0.25) is 0 Å². The van der Waals surface area contributed by atoms with Gasteiger partial charge in [0.25, 0.3) is 0 Å². The van der Waals surface area contributed by atoms with Gasteiger partial charge in [0.05, 0.1) is 6.10 Å². The maximum atomic E-state index is 6.75. The Labute approximate surface area is 144 Å². The molecule has 3 rings (SSSR count). The highest BCUT2D eigenvalue weighted by Crippen LogP contribution is 2.54. The molecule has 1 aliphatic carbocycles. The third-order valence-electron chi connectivity index (χ3n) is 6.47. The van der Waals surface area contributed by atoms with Gasteiger partial charge in [-0.15, -0.1) is 0 Å². The molecule has 128 valence electrons. The molecular weight excluding hydrogens is 299 g/mol. The Balaban J connectivity index is 1.80. The molecule has 1 aromatic rings. The maximum absolute atomic E-state index is 6.75. The van der Waals surface area contributed by atoms with Crippen LogP contribution in [0.1, 0.15) is 58.4 Å². The summed E-state index contributed by atoms with van der Waals surface area (Å²) >= 11 is 0. The molecule has 0 aromatic heterocycles. The number of hydrogen-bond donors (Lipinski definition) is 0. The van der Waals surface area contributed by atoms with Gasteiger partial charge >= 0.3 is 0 Å². The summed E-state index contributed by atoms with van der Waals surface area (Å²) in [5.41, 5.74) is 1.90. The van der Waals surface area contributed by atoms with Gasteiger partial charge in [-0.2, -0.15) is 0 Å². The maximum Gasteiger partial charge on any atom is 0.0654 e. The summed E-state index contributed by atoms with van der Waals surface area (Å²) in [6.45, 7) is 7.37. The first kappa shape index (κ1) is 17.4. The lowest BCUT2D eigenvalue weighted by molar-refractivity contribution is -0.0254. The smallest absolute Gasteiger partial charge is 0.0654 e. The lowest BCUT2D eigenvalue weighted by atomic mass is 9.59. The molecule has 2 fully saturated rings. The summed E-state index contributed by atoms with van der Waals surface area (Å²) in [5, 5.41) is 0. The molecule has 2 aliphatic rings. The molecule has 3 atom stereocenters. The zero-order valence-electron chi connectivity index (χ0n) is 15.1. The number of benzene rings is 1. The monoisotopic (exact) mass is 332 g/mol. The molecule has 0 radical (unpaired) electrons. The van der Waals surface area contributed by atoms with Crippen LogP contribution in [0.3, 0.4) is 0 Å². The molecule has 2 heteroatoms. The first-order valence-corrected chi connectivity index (χ1v) is 11.2. The van der Waals surface area contributed by atoms with E-state index in [1.165, 1.54) is 56.4 Å². The minimum atomic E-state index is -0.130. The highest BCUT2D eigenvalue weighted by atomic mass is 31.1. The van der Waals surface area contributed by atoms with Crippen LogP contribution in [0.15, 0.2) is 30.3 Å². The van der Waals surface area contributed by atoms with Crippen molar-refractivity contribution in [1.82, 2.24) is 0 Å². The van der Waals surface area contributed by atoms with Crippen LogP contribution in [0.25, 0.3) is 0 Å². The molecule has 0 amide bonds. The zero-order chi connectivity index (χ0) is 16.3. The average Bonchev–Trinajstić information content (AvgIpc) is 3.05. The van der Waals surface area contributed by atoms with Crippen molar-refractivity contribution < 1.29 is 4.52 Å². The normalized spacial score (nSPS) is 32.5. The third-order valence-corrected chi connectivity index (χ3v) is 8.67. The largest absolute Gasteiger partial charge is 0.356 e. The zero-order valence-corrected chi connectivity index (χ0v) is 16.0. The van der Waals surface area contributed by atoms with Gasteiger partial charge in [-0.25, -0.2) is 0 Å². The van der Waals surface area contributed by atoms with Crippen molar-refractivity contribution in [2.75, 3.05) is 12.3 Å². The van der Waals surface area contributed by atoms with Crippen LogP contribution in [0.4, 0.5) is 0 Å². The number of hydrogen-bond acceptors (Lipinski definition) is 1. The molecule has 1 aromatic carbocycles. The second-order valence-corrected chi connectivity index (χ2v) is 10.2.